The van der Waals surface area contributed by atoms with Crippen molar-refractivity contribution in [2.75, 3.05) is 31.2 Å². The lowest BCUT2D eigenvalue weighted by Crippen LogP contribution is -2.36. The Kier molecular flexibility index (Phi) is 4.00. The molecule has 1 saturated heterocycles. The highest BCUT2D eigenvalue weighted by atomic mass is 19.1. The van der Waals surface area contributed by atoms with Gasteiger partial charge in [-0.15, -0.1) is 0 Å². The lowest BCUT2D eigenvalue weighted by molar-refractivity contribution is 0.122. The van der Waals surface area contributed by atoms with Gasteiger partial charge in [0.2, 0.25) is 0 Å². The van der Waals surface area contributed by atoms with E-state index in [1.165, 1.54) is 6.07 Å². The molecular weight excluding hydrogens is 309 g/mol. The van der Waals surface area contributed by atoms with Gasteiger partial charge in [0, 0.05) is 36.0 Å². The van der Waals surface area contributed by atoms with Gasteiger partial charge in [0.25, 0.3) is 0 Å². The summed E-state index contributed by atoms with van der Waals surface area (Å²) in [7, 11) is 0. The van der Waals surface area contributed by atoms with Crippen LogP contribution in [0, 0.1) is 5.82 Å². The normalized spacial score (nSPS) is 16.9. The van der Waals surface area contributed by atoms with Crippen molar-refractivity contribution in [1.29, 1.82) is 0 Å². The highest BCUT2D eigenvalue weighted by Gasteiger charge is 2.21. The number of pyridine rings is 1. The van der Waals surface area contributed by atoms with Crippen molar-refractivity contribution in [1.82, 2.24) is 4.98 Å². The van der Waals surface area contributed by atoms with Crippen LogP contribution < -0.4 is 4.90 Å². The predicted molar refractivity (Wildman–Crippen MR) is 88.9 cm³/mol. The molecule has 5 nitrogen and oxygen atoms in total. The first-order valence-electron chi connectivity index (χ1n) is 8.02. The minimum Gasteiger partial charge on any atom is -0.392 e. The maximum absolute atomic E-state index is 13.8. The molecule has 0 radical (unpaired) electrons. The van der Waals surface area contributed by atoms with Crippen molar-refractivity contribution >= 4 is 11.5 Å². The number of fused-ring (bicyclic) bond motifs is 1. The topological polar surface area (TPSA) is 58.0 Å². The molecule has 24 heavy (non-hydrogen) atoms. The fourth-order valence-corrected chi connectivity index (χ4v) is 3.16. The van der Waals surface area contributed by atoms with Crippen LogP contribution in [-0.2, 0) is 17.9 Å². The molecule has 0 amide bonds. The van der Waals surface area contributed by atoms with E-state index in [1.54, 1.807) is 12.3 Å². The molecule has 2 aliphatic rings. The van der Waals surface area contributed by atoms with Crippen LogP contribution in [0.1, 0.15) is 22.3 Å². The summed E-state index contributed by atoms with van der Waals surface area (Å²) in [6.45, 7) is 3.19. The Morgan fingerprint density at radius 2 is 2.04 bits per heavy atom. The minimum absolute atomic E-state index is 0.297. The molecule has 1 N–H and O–H groups in total. The largest absolute Gasteiger partial charge is 0.392 e. The van der Waals surface area contributed by atoms with Gasteiger partial charge in [-0.1, -0.05) is 0 Å². The Labute approximate surface area is 139 Å². The van der Waals surface area contributed by atoms with Gasteiger partial charge in [-0.3, -0.25) is 4.99 Å². The number of nitrogens with zero attached hydrogens (tertiary/aromatic N) is 3. The Morgan fingerprint density at radius 1 is 1.21 bits per heavy atom. The van der Waals surface area contributed by atoms with Gasteiger partial charge in [0.1, 0.15) is 11.6 Å². The molecule has 0 atom stereocenters. The minimum atomic E-state index is -0.378. The number of morpholine rings is 1. The first-order chi connectivity index (χ1) is 11.8. The van der Waals surface area contributed by atoms with Crippen molar-refractivity contribution in [2.24, 2.45) is 4.99 Å². The molecule has 0 spiro atoms. The quantitative estimate of drug-likeness (QED) is 0.935. The summed E-state index contributed by atoms with van der Waals surface area (Å²) in [6.07, 6.45) is 1.77. The molecule has 1 aromatic heterocycles. The third-order valence-corrected chi connectivity index (χ3v) is 4.46. The van der Waals surface area contributed by atoms with E-state index in [1.807, 2.05) is 12.1 Å². The molecule has 0 unspecified atom stereocenters. The lowest BCUT2D eigenvalue weighted by atomic mass is 9.98. The Bertz CT molecular complexity index is 801. The number of ether oxygens (including phenoxy) is 1. The molecule has 2 aliphatic heterocycles. The van der Waals surface area contributed by atoms with Crippen LogP contribution in [-0.4, -0.2) is 42.1 Å². The summed E-state index contributed by atoms with van der Waals surface area (Å²) in [5.41, 5.74) is 3.83. The van der Waals surface area contributed by atoms with E-state index < -0.39 is 0 Å². The zero-order valence-electron chi connectivity index (χ0n) is 13.2. The molecular formula is C18H18FN3O2. The van der Waals surface area contributed by atoms with Crippen LogP contribution in [0.5, 0.6) is 0 Å². The van der Waals surface area contributed by atoms with E-state index in [-0.39, 0.29) is 12.4 Å². The fourth-order valence-electron chi connectivity index (χ4n) is 3.16. The van der Waals surface area contributed by atoms with Gasteiger partial charge in [0.15, 0.2) is 0 Å². The van der Waals surface area contributed by atoms with Gasteiger partial charge in [0.05, 0.1) is 32.1 Å². The third-order valence-electron chi connectivity index (χ3n) is 4.46. The lowest BCUT2D eigenvalue weighted by Gasteiger charge is -2.28. The maximum Gasteiger partial charge on any atom is 0.129 e. The Hall–Kier alpha value is -2.31. The van der Waals surface area contributed by atoms with E-state index in [0.717, 1.165) is 41.3 Å². The molecule has 0 aliphatic carbocycles. The fraction of sp³-hybridized carbons (Fsp3) is 0.333. The zero-order valence-corrected chi connectivity index (χ0v) is 13.2. The number of aliphatic hydroxyl groups excluding tert-OH is 1. The van der Waals surface area contributed by atoms with Crippen LogP contribution in [0.2, 0.25) is 0 Å². The standard InChI is InChI=1S/C18H18FN3O2/c19-16-8-13-10-21-18(15(13)7-14(16)11-23)12-1-2-20-17(9-12)22-3-5-24-6-4-22/h1-2,7-9,23H,3-6,10-11H2. The zero-order chi connectivity index (χ0) is 16.5. The van der Waals surface area contributed by atoms with Gasteiger partial charge in [-0.05, 0) is 29.8 Å². The van der Waals surface area contributed by atoms with Crippen molar-refractivity contribution in [3.63, 3.8) is 0 Å². The van der Waals surface area contributed by atoms with Crippen LogP contribution in [0.15, 0.2) is 35.5 Å². The average Bonchev–Trinajstić information content (AvgIpc) is 3.04. The van der Waals surface area contributed by atoms with Crippen molar-refractivity contribution < 1.29 is 14.2 Å². The van der Waals surface area contributed by atoms with E-state index in [4.69, 9.17) is 4.74 Å². The van der Waals surface area contributed by atoms with Crippen molar-refractivity contribution in [3.8, 4) is 0 Å². The summed E-state index contributed by atoms with van der Waals surface area (Å²) >= 11 is 0. The van der Waals surface area contributed by atoms with E-state index >= 15 is 0 Å². The van der Waals surface area contributed by atoms with Crippen molar-refractivity contribution in [2.45, 2.75) is 13.2 Å². The molecule has 0 saturated carbocycles. The van der Waals surface area contributed by atoms with E-state index in [2.05, 4.69) is 14.9 Å². The summed E-state index contributed by atoms with van der Waals surface area (Å²) in [5.74, 6) is 0.521. The number of aliphatic imine (C=N–C) groups is 1. The third kappa shape index (κ3) is 2.68. The van der Waals surface area contributed by atoms with Crippen LogP contribution >= 0.6 is 0 Å². The number of aliphatic hydroxyl groups is 1. The summed E-state index contributed by atoms with van der Waals surface area (Å²) in [5, 5.41) is 9.31. The molecule has 1 aromatic carbocycles. The summed E-state index contributed by atoms with van der Waals surface area (Å²) in [4.78, 5) is 11.2. The monoisotopic (exact) mass is 327 g/mol. The maximum atomic E-state index is 13.8. The smallest absolute Gasteiger partial charge is 0.129 e. The molecule has 124 valence electrons. The molecule has 0 bridgehead atoms. The van der Waals surface area contributed by atoms with Gasteiger partial charge < -0.3 is 14.7 Å². The number of anilines is 1. The van der Waals surface area contributed by atoms with Crippen molar-refractivity contribution in [3.05, 3.63) is 58.5 Å². The van der Waals surface area contributed by atoms with Gasteiger partial charge in [-0.25, -0.2) is 9.37 Å². The number of hydrogen-bond donors (Lipinski definition) is 1. The average molecular weight is 327 g/mol. The highest BCUT2D eigenvalue weighted by molar-refractivity contribution is 6.15. The van der Waals surface area contributed by atoms with Gasteiger partial charge >= 0.3 is 0 Å². The summed E-state index contributed by atoms with van der Waals surface area (Å²) in [6, 6.07) is 7.11. The van der Waals surface area contributed by atoms with E-state index in [0.29, 0.717) is 25.3 Å². The van der Waals surface area contributed by atoms with Crippen LogP contribution in [0.3, 0.4) is 0 Å². The van der Waals surface area contributed by atoms with Crippen LogP contribution in [0.4, 0.5) is 10.2 Å². The Balaban J connectivity index is 1.69. The van der Waals surface area contributed by atoms with Crippen LogP contribution in [0.25, 0.3) is 0 Å². The molecule has 1 fully saturated rings. The summed E-state index contributed by atoms with van der Waals surface area (Å²) < 4.78 is 19.2. The predicted octanol–water partition coefficient (Wildman–Crippen LogP) is 1.90. The second-order valence-corrected chi connectivity index (χ2v) is 5.93. The molecule has 2 aromatic rings. The SMILES string of the molecule is OCc1cc2c(cc1F)CN=C2c1ccnc(N2CCOCC2)c1. The molecule has 4 rings (SSSR count). The first kappa shape index (κ1) is 15.2. The Morgan fingerprint density at radius 3 is 2.83 bits per heavy atom. The second-order valence-electron chi connectivity index (χ2n) is 5.93. The number of hydrogen-bond acceptors (Lipinski definition) is 5. The van der Waals surface area contributed by atoms with Gasteiger partial charge in [-0.2, -0.15) is 0 Å². The number of halogens is 1. The number of rotatable bonds is 3. The second kappa shape index (κ2) is 6.30. The number of benzene rings is 1. The molecule has 3 heterocycles. The first-order valence-corrected chi connectivity index (χ1v) is 8.02. The number of aromatic nitrogens is 1. The van der Waals surface area contributed by atoms with E-state index in [9.17, 15) is 9.50 Å². The highest BCUT2D eigenvalue weighted by Crippen LogP contribution is 2.27. The molecule has 6 heteroatoms.